The number of para-hydroxylation sites is 1. The van der Waals surface area contributed by atoms with Crippen LogP contribution < -0.4 is 5.32 Å². The number of hydrogen-bond donors (Lipinski definition) is 1. The monoisotopic (exact) mass is 345 g/mol. The summed E-state index contributed by atoms with van der Waals surface area (Å²) in [6, 6.07) is 8.91. The molecule has 0 aliphatic carbocycles. The second-order valence-electron chi connectivity index (χ2n) is 5.10. The van der Waals surface area contributed by atoms with Crippen molar-refractivity contribution in [3.63, 3.8) is 0 Å². The van der Waals surface area contributed by atoms with Crippen LogP contribution in [0.4, 0.5) is 5.69 Å². The summed E-state index contributed by atoms with van der Waals surface area (Å²) in [6.07, 6.45) is 1.29. The SMILES string of the molecule is Cn1cccc1C(=O)NC(=O)COC(=O)Cc1ccccc1[N+](=O)[O-]. The maximum absolute atomic E-state index is 11.8. The number of imide groups is 1. The number of nitrogens with zero attached hydrogens (tertiary/aromatic N) is 2. The van der Waals surface area contributed by atoms with Crippen molar-refractivity contribution in [2.75, 3.05) is 6.61 Å². The topological polar surface area (TPSA) is 121 Å². The first-order chi connectivity index (χ1) is 11.9. The molecule has 0 saturated heterocycles. The first-order valence-corrected chi connectivity index (χ1v) is 7.22. The highest BCUT2D eigenvalue weighted by Gasteiger charge is 2.18. The van der Waals surface area contributed by atoms with Gasteiger partial charge < -0.3 is 9.30 Å². The lowest BCUT2D eigenvalue weighted by molar-refractivity contribution is -0.385. The van der Waals surface area contributed by atoms with Crippen LogP contribution in [0, 0.1) is 10.1 Å². The van der Waals surface area contributed by atoms with E-state index in [1.54, 1.807) is 25.4 Å². The van der Waals surface area contributed by atoms with E-state index in [1.165, 1.54) is 28.8 Å². The van der Waals surface area contributed by atoms with Gasteiger partial charge in [-0.3, -0.25) is 29.8 Å². The molecule has 0 aliphatic heterocycles. The van der Waals surface area contributed by atoms with Crippen LogP contribution in [0.3, 0.4) is 0 Å². The van der Waals surface area contributed by atoms with Crippen molar-refractivity contribution in [1.29, 1.82) is 0 Å². The lowest BCUT2D eigenvalue weighted by Crippen LogP contribution is -2.35. The van der Waals surface area contributed by atoms with Crippen LogP contribution in [0.25, 0.3) is 0 Å². The number of nitro benzene ring substituents is 1. The number of benzene rings is 1. The Bertz CT molecular complexity index is 827. The lowest BCUT2D eigenvalue weighted by atomic mass is 10.1. The highest BCUT2D eigenvalue weighted by molar-refractivity contribution is 6.04. The molecule has 1 aromatic carbocycles. The third-order valence-corrected chi connectivity index (χ3v) is 3.32. The Morgan fingerprint density at radius 3 is 2.56 bits per heavy atom. The number of aryl methyl sites for hydroxylation is 1. The summed E-state index contributed by atoms with van der Waals surface area (Å²) in [7, 11) is 1.65. The second kappa shape index (κ2) is 7.86. The van der Waals surface area contributed by atoms with Gasteiger partial charge in [-0.05, 0) is 12.1 Å². The molecular weight excluding hydrogens is 330 g/mol. The van der Waals surface area contributed by atoms with E-state index in [2.05, 4.69) is 5.32 Å². The van der Waals surface area contributed by atoms with Gasteiger partial charge >= 0.3 is 5.97 Å². The molecule has 0 saturated carbocycles. The Morgan fingerprint density at radius 1 is 1.20 bits per heavy atom. The van der Waals surface area contributed by atoms with Crippen molar-refractivity contribution in [2.24, 2.45) is 7.05 Å². The highest BCUT2D eigenvalue weighted by atomic mass is 16.6. The predicted octanol–water partition coefficient (Wildman–Crippen LogP) is 0.976. The van der Waals surface area contributed by atoms with E-state index in [0.29, 0.717) is 0 Å². The highest BCUT2D eigenvalue weighted by Crippen LogP contribution is 2.18. The van der Waals surface area contributed by atoms with Crippen LogP contribution in [-0.2, 0) is 27.8 Å². The maximum Gasteiger partial charge on any atom is 0.311 e. The molecule has 0 unspecified atom stereocenters. The van der Waals surface area contributed by atoms with Gasteiger partial charge in [-0.2, -0.15) is 0 Å². The fraction of sp³-hybridized carbons (Fsp3) is 0.188. The molecule has 2 rings (SSSR count). The fourth-order valence-corrected chi connectivity index (χ4v) is 2.11. The first kappa shape index (κ1) is 17.9. The minimum Gasteiger partial charge on any atom is -0.455 e. The normalized spacial score (nSPS) is 10.1. The van der Waals surface area contributed by atoms with Gasteiger partial charge in [0, 0.05) is 24.9 Å². The molecule has 1 N–H and O–H groups in total. The molecule has 9 heteroatoms. The van der Waals surface area contributed by atoms with Crippen molar-refractivity contribution < 1.29 is 24.0 Å². The number of aromatic nitrogens is 1. The molecule has 0 bridgehead atoms. The summed E-state index contributed by atoms with van der Waals surface area (Å²) in [4.78, 5) is 45.5. The van der Waals surface area contributed by atoms with E-state index in [9.17, 15) is 24.5 Å². The van der Waals surface area contributed by atoms with Crippen molar-refractivity contribution >= 4 is 23.5 Å². The number of nitro groups is 1. The number of nitrogens with one attached hydrogen (secondary N) is 1. The molecule has 1 heterocycles. The quantitative estimate of drug-likeness (QED) is 0.473. The summed E-state index contributed by atoms with van der Waals surface area (Å²) in [6.45, 7) is -0.657. The molecule has 2 amide bonds. The van der Waals surface area contributed by atoms with Gasteiger partial charge in [0.15, 0.2) is 6.61 Å². The molecule has 0 radical (unpaired) electrons. The average Bonchev–Trinajstić information content (AvgIpc) is 2.99. The Labute approximate surface area is 142 Å². The van der Waals surface area contributed by atoms with Gasteiger partial charge in [0.25, 0.3) is 17.5 Å². The average molecular weight is 345 g/mol. The summed E-state index contributed by atoms with van der Waals surface area (Å²) in [5, 5.41) is 13.0. The minimum atomic E-state index is -0.809. The van der Waals surface area contributed by atoms with Crippen molar-refractivity contribution in [1.82, 2.24) is 9.88 Å². The van der Waals surface area contributed by atoms with Crippen LogP contribution in [0.15, 0.2) is 42.6 Å². The van der Waals surface area contributed by atoms with Crippen LogP contribution in [-0.4, -0.2) is 33.9 Å². The molecular formula is C16H15N3O6. The van der Waals surface area contributed by atoms with Gasteiger partial charge in [-0.15, -0.1) is 0 Å². The van der Waals surface area contributed by atoms with E-state index in [4.69, 9.17) is 4.74 Å². The van der Waals surface area contributed by atoms with Crippen LogP contribution in [0.2, 0.25) is 0 Å². The van der Waals surface area contributed by atoms with Gasteiger partial charge in [0.05, 0.1) is 11.3 Å². The summed E-state index contributed by atoms with van der Waals surface area (Å²) in [5.41, 5.74) is 0.250. The predicted molar refractivity (Wildman–Crippen MR) is 85.6 cm³/mol. The summed E-state index contributed by atoms with van der Waals surface area (Å²) < 4.78 is 6.29. The number of carbonyl (C=O) groups excluding carboxylic acids is 3. The van der Waals surface area contributed by atoms with Crippen molar-refractivity contribution in [2.45, 2.75) is 6.42 Å². The molecule has 1 aromatic heterocycles. The van der Waals surface area contributed by atoms with Crippen LogP contribution in [0.1, 0.15) is 16.1 Å². The number of esters is 1. The maximum atomic E-state index is 11.8. The van der Waals surface area contributed by atoms with E-state index in [-0.39, 0.29) is 23.4 Å². The molecule has 0 fully saturated rings. The van der Waals surface area contributed by atoms with Gasteiger partial charge in [0.1, 0.15) is 5.69 Å². The Hall–Kier alpha value is -3.49. The number of hydrogen-bond acceptors (Lipinski definition) is 6. The third kappa shape index (κ3) is 4.74. The number of amides is 2. The van der Waals surface area contributed by atoms with Crippen LogP contribution >= 0.6 is 0 Å². The molecule has 2 aromatic rings. The number of rotatable bonds is 6. The second-order valence-corrected chi connectivity index (χ2v) is 5.10. The molecule has 9 nitrogen and oxygen atoms in total. The zero-order chi connectivity index (χ0) is 18.4. The van der Waals surface area contributed by atoms with Gasteiger partial charge in [-0.25, -0.2) is 0 Å². The fourth-order valence-electron chi connectivity index (χ4n) is 2.11. The Balaban J connectivity index is 1.86. The molecule has 130 valence electrons. The molecule has 0 spiro atoms. The summed E-state index contributed by atoms with van der Waals surface area (Å²) in [5.74, 6) is -2.22. The van der Waals surface area contributed by atoms with Crippen LogP contribution in [0.5, 0.6) is 0 Å². The van der Waals surface area contributed by atoms with Gasteiger partial charge in [0.2, 0.25) is 0 Å². The molecule has 0 aliphatic rings. The lowest BCUT2D eigenvalue weighted by Gasteiger charge is -2.07. The zero-order valence-corrected chi connectivity index (χ0v) is 13.3. The number of ether oxygens (including phenoxy) is 1. The Morgan fingerprint density at radius 2 is 1.92 bits per heavy atom. The zero-order valence-electron chi connectivity index (χ0n) is 13.3. The van der Waals surface area contributed by atoms with E-state index in [1.807, 2.05) is 0 Å². The van der Waals surface area contributed by atoms with E-state index in [0.717, 1.165) is 0 Å². The molecule has 25 heavy (non-hydrogen) atoms. The standard InChI is InChI=1S/C16H15N3O6/c1-18-8-4-7-13(18)16(22)17-14(20)10-25-15(21)9-11-5-2-3-6-12(11)19(23)24/h2-8H,9-10H2,1H3,(H,17,20,22). The number of carbonyl (C=O) groups is 3. The first-order valence-electron chi connectivity index (χ1n) is 7.22. The van der Waals surface area contributed by atoms with E-state index >= 15 is 0 Å². The largest absolute Gasteiger partial charge is 0.455 e. The molecule has 0 atom stereocenters. The Kier molecular flexibility index (Phi) is 5.62. The van der Waals surface area contributed by atoms with Crippen molar-refractivity contribution in [3.8, 4) is 0 Å². The summed E-state index contributed by atoms with van der Waals surface area (Å²) >= 11 is 0. The third-order valence-electron chi connectivity index (χ3n) is 3.32. The van der Waals surface area contributed by atoms with Gasteiger partial charge in [-0.1, -0.05) is 18.2 Å². The smallest absolute Gasteiger partial charge is 0.311 e. The minimum absolute atomic E-state index is 0.179. The van der Waals surface area contributed by atoms with Crippen molar-refractivity contribution in [3.05, 3.63) is 64.0 Å². The van der Waals surface area contributed by atoms with E-state index < -0.39 is 29.3 Å².